The number of anilines is 1. The second-order valence-corrected chi connectivity index (χ2v) is 7.93. The third-order valence-electron chi connectivity index (χ3n) is 4.53. The fourth-order valence-electron chi connectivity index (χ4n) is 2.99. The minimum Gasteiger partial charge on any atom is -0.323 e. The second-order valence-electron chi connectivity index (χ2n) is 6.58. The van der Waals surface area contributed by atoms with Crippen molar-refractivity contribution in [3.8, 4) is 17.1 Å². The maximum absolute atomic E-state index is 13.8. The van der Waals surface area contributed by atoms with Gasteiger partial charge in [0.15, 0.2) is 11.0 Å². The summed E-state index contributed by atoms with van der Waals surface area (Å²) in [6.45, 7) is 1.91. The number of benzene rings is 2. The Hall–Kier alpha value is -3.23. The average Bonchev–Trinajstić information content (AvgIpc) is 3.20. The zero-order valence-electron chi connectivity index (χ0n) is 16.4. The highest BCUT2D eigenvalue weighted by Crippen LogP contribution is 2.31. The van der Waals surface area contributed by atoms with E-state index < -0.39 is 5.82 Å². The Morgan fingerprint density at radius 3 is 2.65 bits per heavy atom. The van der Waals surface area contributed by atoms with Gasteiger partial charge < -0.3 is 5.32 Å². The largest absolute Gasteiger partial charge is 0.323 e. The van der Waals surface area contributed by atoms with Crippen LogP contribution in [-0.2, 0) is 4.79 Å². The molecular weight excluding hydrogens is 437 g/mol. The molecule has 0 unspecified atom stereocenters. The lowest BCUT2D eigenvalue weighted by Gasteiger charge is -2.14. The number of amides is 1. The zero-order valence-corrected chi connectivity index (χ0v) is 18.0. The van der Waals surface area contributed by atoms with E-state index in [4.69, 9.17) is 11.6 Å². The number of carbonyl (C=O) groups excluding carboxylic acids is 1. The van der Waals surface area contributed by atoms with Crippen LogP contribution in [0.25, 0.3) is 17.1 Å². The van der Waals surface area contributed by atoms with Gasteiger partial charge in [-0.15, -0.1) is 10.2 Å². The summed E-state index contributed by atoms with van der Waals surface area (Å²) in [5.74, 6) is -0.205. The summed E-state index contributed by atoms with van der Waals surface area (Å²) in [7, 11) is 0. The summed E-state index contributed by atoms with van der Waals surface area (Å²) in [6.07, 6.45) is 3.35. The zero-order chi connectivity index (χ0) is 21.8. The molecule has 4 rings (SSSR count). The first-order chi connectivity index (χ1) is 15.0. The van der Waals surface area contributed by atoms with Gasteiger partial charge in [-0.1, -0.05) is 41.6 Å². The number of hydrogen-bond donors (Lipinski definition) is 1. The summed E-state index contributed by atoms with van der Waals surface area (Å²) < 4.78 is 15.7. The van der Waals surface area contributed by atoms with Crippen molar-refractivity contribution in [3.63, 3.8) is 0 Å². The number of pyridine rings is 1. The number of para-hydroxylation sites is 1. The van der Waals surface area contributed by atoms with E-state index in [2.05, 4.69) is 20.5 Å². The maximum atomic E-state index is 13.8. The first-order valence-corrected chi connectivity index (χ1v) is 10.7. The highest BCUT2D eigenvalue weighted by Gasteiger charge is 2.19. The van der Waals surface area contributed by atoms with Crippen molar-refractivity contribution in [1.29, 1.82) is 0 Å². The fourth-order valence-corrected chi connectivity index (χ4v) is 3.90. The number of hydrogen-bond acceptors (Lipinski definition) is 5. The molecule has 0 saturated heterocycles. The third-order valence-corrected chi connectivity index (χ3v) is 5.87. The van der Waals surface area contributed by atoms with Gasteiger partial charge in [-0.05, 0) is 48.9 Å². The molecule has 0 aliphatic carbocycles. The molecule has 9 heteroatoms. The third kappa shape index (κ3) is 4.60. The monoisotopic (exact) mass is 453 g/mol. The molecule has 1 N–H and O–H groups in total. The number of rotatable bonds is 6. The van der Waals surface area contributed by atoms with E-state index in [0.717, 1.165) is 16.8 Å². The molecule has 0 atom stereocenters. The molecule has 0 saturated carbocycles. The molecule has 0 spiro atoms. The quantitative estimate of drug-likeness (QED) is 0.408. The lowest BCUT2D eigenvalue weighted by Crippen LogP contribution is -2.15. The summed E-state index contributed by atoms with van der Waals surface area (Å²) in [5, 5.41) is 12.3. The van der Waals surface area contributed by atoms with Crippen molar-refractivity contribution in [3.05, 3.63) is 83.4 Å². The van der Waals surface area contributed by atoms with Crippen molar-refractivity contribution < 1.29 is 9.18 Å². The minimum absolute atomic E-state index is 0.0302. The Balaban J connectivity index is 1.65. The van der Waals surface area contributed by atoms with Crippen molar-refractivity contribution >= 4 is 35.0 Å². The standard InChI is InChI=1S/C22H17ClFN5OS/c1-14-16(23)5-4-8-19(14)29-21(15-9-11-25-12-10-15)27-28-22(29)31-13-20(30)26-18-7-3-2-6-17(18)24/h2-12H,13H2,1H3,(H,26,30). The van der Waals surface area contributed by atoms with E-state index in [1.807, 2.05) is 41.8 Å². The molecule has 31 heavy (non-hydrogen) atoms. The van der Waals surface area contributed by atoms with Gasteiger partial charge in [-0.3, -0.25) is 14.3 Å². The Kier molecular flexibility index (Phi) is 6.29. The SMILES string of the molecule is Cc1c(Cl)cccc1-n1c(SCC(=O)Nc2ccccc2F)nnc1-c1ccncc1. The van der Waals surface area contributed by atoms with Crippen molar-refractivity contribution in [2.75, 3.05) is 11.1 Å². The predicted molar refractivity (Wildman–Crippen MR) is 120 cm³/mol. The molecule has 6 nitrogen and oxygen atoms in total. The number of carbonyl (C=O) groups is 1. The van der Waals surface area contributed by atoms with Crippen LogP contribution in [-0.4, -0.2) is 31.4 Å². The van der Waals surface area contributed by atoms with E-state index in [9.17, 15) is 9.18 Å². The molecule has 2 aromatic heterocycles. The van der Waals surface area contributed by atoms with Crippen molar-refractivity contribution in [2.45, 2.75) is 12.1 Å². The van der Waals surface area contributed by atoms with E-state index in [-0.39, 0.29) is 17.3 Å². The van der Waals surface area contributed by atoms with Crippen LogP contribution in [0.2, 0.25) is 5.02 Å². The molecular formula is C22H17ClFN5OS. The van der Waals surface area contributed by atoms with Crippen LogP contribution in [0.15, 0.2) is 72.1 Å². The summed E-state index contributed by atoms with van der Waals surface area (Å²) in [5.41, 5.74) is 2.63. The number of aromatic nitrogens is 4. The number of nitrogens with zero attached hydrogens (tertiary/aromatic N) is 4. The van der Waals surface area contributed by atoms with Gasteiger partial charge in [0.1, 0.15) is 5.82 Å². The van der Waals surface area contributed by atoms with Gasteiger partial charge in [-0.25, -0.2) is 4.39 Å². The van der Waals surface area contributed by atoms with Gasteiger partial charge in [-0.2, -0.15) is 0 Å². The van der Waals surface area contributed by atoms with Crippen LogP contribution in [0.5, 0.6) is 0 Å². The maximum Gasteiger partial charge on any atom is 0.234 e. The molecule has 0 aliphatic heterocycles. The number of thioether (sulfide) groups is 1. The molecule has 156 valence electrons. The minimum atomic E-state index is -0.487. The van der Waals surface area contributed by atoms with Gasteiger partial charge >= 0.3 is 0 Å². The van der Waals surface area contributed by atoms with Gasteiger partial charge in [0.25, 0.3) is 0 Å². The van der Waals surface area contributed by atoms with Crippen LogP contribution in [0.3, 0.4) is 0 Å². The highest BCUT2D eigenvalue weighted by molar-refractivity contribution is 7.99. The first-order valence-electron chi connectivity index (χ1n) is 9.33. The topological polar surface area (TPSA) is 72.7 Å². The normalized spacial score (nSPS) is 10.8. The van der Waals surface area contributed by atoms with Crippen molar-refractivity contribution in [1.82, 2.24) is 19.7 Å². The smallest absolute Gasteiger partial charge is 0.234 e. The van der Waals surface area contributed by atoms with Crippen LogP contribution in [0, 0.1) is 12.7 Å². The number of halogens is 2. The Labute approximate surface area is 187 Å². The van der Waals surface area contributed by atoms with Gasteiger partial charge in [0, 0.05) is 23.0 Å². The van der Waals surface area contributed by atoms with E-state index >= 15 is 0 Å². The summed E-state index contributed by atoms with van der Waals surface area (Å²) in [4.78, 5) is 16.4. The lowest BCUT2D eigenvalue weighted by molar-refractivity contribution is -0.113. The first kappa shape index (κ1) is 21.0. The van der Waals surface area contributed by atoms with E-state index in [1.165, 1.54) is 23.9 Å². The summed E-state index contributed by atoms with van der Waals surface area (Å²) >= 11 is 7.54. The van der Waals surface area contributed by atoms with E-state index in [1.54, 1.807) is 24.5 Å². The van der Waals surface area contributed by atoms with Gasteiger partial charge in [0.2, 0.25) is 5.91 Å². The van der Waals surface area contributed by atoms with Gasteiger partial charge in [0.05, 0.1) is 17.1 Å². The molecule has 0 bridgehead atoms. The van der Waals surface area contributed by atoms with Crippen LogP contribution in [0.4, 0.5) is 10.1 Å². The summed E-state index contributed by atoms with van der Waals surface area (Å²) in [6, 6.07) is 15.3. The van der Waals surface area contributed by atoms with Crippen molar-refractivity contribution in [2.24, 2.45) is 0 Å². The molecule has 0 fully saturated rings. The Bertz CT molecular complexity index is 1230. The average molecular weight is 454 g/mol. The Morgan fingerprint density at radius 1 is 1.10 bits per heavy atom. The van der Waals surface area contributed by atoms with Crippen LogP contribution < -0.4 is 5.32 Å². The molecule has 4 aromatic rings. The molecule has 2 heterocycles. The van der Waals surface area contributed by atoms with E-state index in [0.29, 0.717) is 16.0 Å². The lowest BCUT2D eigenvalue weighted by atomic mass is 10.2. The predicted octanol–water partition coefficient (Wildman–Crippen LogP) is 5.16. The second kappa shape index (κ2) is 9.28. The molecule has 1 amide bonds. The molecule has 0 radical (unpaired) electrons. The van der Waals surface area contributed by atoms with Crippen LogP contribution >= 0.6 is 23.4 Å². The highest BCUT2D eigenvalue weighted by atomic mass is 35.5. The fraction of sp³-hybridized carbons (Fsp3) is 0.0909. The molecule has 0 aliphatic rings. The number of nitrogens with one attached hydrogen (secondary N) is 1. The van der Waals surface area contributed by atoms with Crippen LogP contribution in [0.1, 0.15) is 5.56 Å². The Morgan fingerprint density at radius 2 is 1.87 bits per heavy atom. The molecule has 2 aromatic carbocycles.